The minimum atomic E-state index is 0.649. The van der Waals surface area contributed by atoms with E-state index in [9.17, 15) is 0 Å². The molecule has 11 aromatic rings. The molecule has 11 rings (SSSR count). The van der Waals surface area contributed by atoms with E-state index in [0.29, 0.717) is 17.5 Å². The third-order valence-corrected chi connectivity index (χ3v) is 11.0. The second-order valence-corrected chi connectivity index (χ2v) is 13.9. The molecule has 3 heterocycles. The van der Waals surface area contributed by atoms with Gasteiger partial charge in [0.2, 0.25) is 0 Å². The Hall–Kier alpha value is -6.43. The molecule has 0 bridgehead atoms. The second-order valence-electron chi connectivity index (χ2n) is 12.8. The van der Waals surface area contributed by atoms with E-state index in [1.165, 1.54) is 41.7 Å². The molecule has 0 fully saturated rings. The molecule has 8 aromatic carbocycles. The summed E-state index contributed by atoms with van der Waals surface area (Å²) in [6.45, 7) is 0. The fraction of sp³-hybridized carbons (Fsp3) is 0. The third-order valence-electron chi connectivity index (χ3n) is 9.87. The first-order chi connectivity index (χ1) is 24.7. The smallest absolute Gasteiger partial charge is 0.164 e. The Morgan fingerprint density at radius 2 is 1.00 bits per heavy atom. The maximum absolute atomic E-state index is 6.23. The van der Waals surface area contributed by atoms with Crippen LogP contribution < -0.4 is 0 Å². The summed E-state index contributed by atoms with van der Waals surface area (Å²) < 4.78 is 8.76. The highest BCUT2D eigenvalue weighted by atomic mass is 32.1. The van der Waals surface area contributed by atoms with Gasteiger partial charge in [-0.05, 0) is 80.8 Å². The van der Waals surface area contributed by atoms with Crippen molar-refractivity contribution in [3.8, 4) is 34.2 Å². The van der Waals surface area contributed by atoms with Crippen LogP contribution in [0.15, 0.2) is 156 Å². The number of hydrogen-bond donors (Lipinski definition) is 0. The molecule has 3 aromatic heterocycles. The van der Waals surface area contributed by atoms with Crippen molar-refractivity contribution in [2.75, 3.05) is 0 Å². The number of thiophene rings is 1. The molecule has 232 valence electrons. The fourth-order valence-corrected chi connectivity index (χ4v) is 8.55. The molecule has 0 aliphatic heterocycles. The summed E-state index contributed by atoms with van der Waals surface area (Å²) >= 11 is 1.81. The number of benzene rings is 8. The molecule has 50 heavy (non-hydrogen) atoms. The standard InChI is InChI=1S/C45H25N3OS/c1-2-8-27(9-3-1)43-46-44(48-45(47-43)31-19-21-41-37(23-31)34-11-5-7-13-40(34)50-41)30-18-20-32-28(22-30)16-14-26-15-17-29-24-39-36(25-35(29)42(26)32)33-10-4-6-12-38(33)49-39/h1-25H. The predicted molar refractivity (Wildman–Crippen MR) is 209 cm³/mol. The van der Waals surface area contributed by atoms with Crippen molar-refractivity contribution in [1.29, 1.82) is 0 Å². The number of rotatable bonds is 3. The zero-order chi connectivity index (χ0) is 32.8. The van der Waals surface area contributed by atoms with Crippen molar-refractivity contribution in [1.82, 2.24) is 15.0 Å². The Morgan fingerprint density at radius 1 is 0.360 bits per heavy atom. The summed E-state index contributed by atoms with van der Waals surface area (Å²) in [6, 6.07) is 53.4. The Morgan fingerprint density at radius 3 is 1.84 bits per heavy atom. The molecule has 4 nitrogen and oxygen atoms in total. The summed E-state index contributed by atoms with van der Waals surface area (Å²) in [6.07, 6.45) is 0. The van der Waals surface area contributed by atoms with Crippen LogP contribution in [0.3, 0.4) is 0 Å². The normalized spacial score (nSPS) is 12.0. The van der Waals surface area contributed by atoms with Crippen LogP contribution in [0, 0.1) is 0 Å². The Bertz CT molecular complexity index is 3160. The number of para-hydroxylation sites is 1. The van der Waals surface area contributed by atoms with Crippen LogP contribution in [0.4, 0.5) is 0 Å². The van der Waals surface area contributed by atoms with Gasteiger partial charge in [0.1, 0.15) is 11.2 Å². The van der Waals surface area contributed by atoms with Crippen LogP contribution in [0.5, 0.6) is 0 Å². The van der Waals surface area contributed by atoms with Crippen LogP contribution in [-0.4, -0.2) is 15.0 Å². The van der Waals surface area contributed by atoms with Crippen molar-refractivity contribution in [2.24, 2.45) is 0 Å². The van der Waals surface area contributed by atoms with Gasteiger partial charge in [-0.1, -0.05) is 103 Å². The van der Waals surface area contributed by atoms with Crippen LogP contribution >= 0.6 is 11.3 Å². The average Bonchev–Trinajstić information content (AvgIpc) is 3.74. The van der Waals surface area contributed by atoms with E-state index in [0.717, 1.165) is 49.4 Å². The average molecular weight is 656 g/mol. The molecule has 0 amide bonds. The van der Waals surface area contributed by atoms with Crippen LogP contribution in [-0.2, 0) is 0 Å². The maximum atomic E-state index is 6.23. The SMILES string of the molecule is c1ccc(-c2nc(-c3ccc4c(ccc5ccc6cc7oc8ccccc8c7cc6c54)c3)nc(-c3ccc4sc5ccccc5c4c3)n2)cc1. The fourth-order valence-electron chi connectivity index (χ4n) is 7.46. The lowest BCUT2D eigenvalue weighted by Crippen LogP contribution is -2.00. The molecule has 0 atom stereocenters. The first kappa shape index (κ1) is 27.5. The minimum absolute atomic E-state index is 0.649. The highest BCUT2D eigenvalue weighted by molar-refractivity contribution is 7.25. The number of furan rings is 1. The van der Waals surface area contributed by atoms with Gasteiger partial charge in [0, 0.05) is 47.6 Å². The molecule has 0 aliphatic carbocycles. The van der Waals surface area contributed by atoms with Crippen molar-refractivity contribution < 1.29 is 4.42 Å². The van der Waals surface area contributed by atoms with Crippen molar-refractivity contribution in [3.63, 3.8) is 0 Å². The lowest BCUT2D eigenvalue weighted by Gasteiger charge is -2.11. The first-order valence-electron chi connectivity index (χ1n) is 16.7. The summed E-state index contributed by atoms with van der Waals surface area (Å²) in [5, 5.41) is 11.9. The van der Waals surface area contributed by atoms with Crippen molar-refractivity contribution in [3.05, 3.63) is 152 Å². The van der Waals surface area contributed by atoms with E-state index in [2.05, 4.69) is 121 Å². The molecule has 0 N–H and O–H groups in total. The Kier molecular flexibility index (Phi) is 5.80. The first-order valence-corrected chi connectivity index (χ1v) is 17.5. The Balaban J connectivity index is 1.11. The number of hydrogen-bond acceptors (Lipinski definition) is 5. The molecule has 5 heteroatoms. The molecule has 0 aliphatic rings. The molecule has 0 radical (unpaired) electrons. The molecule has 0 saturated carbocycles. The van der Waals surface area contributed by atoms with Gasteiger partial charge in [-0.2, -0.15) is 0 Å². The highest BCUT2D eigenvalue weighted by Gasteiger charge is 2.16. The van der Waals surface area contributed by atoms with Gasteiger partial charge >= 0.3 is 0 Å². The van der Waals surface area contributed by atoms with E-state index in [-0.39, 0.29) is 0 Å². The second kappa shape index (κ2) is 10.5. The van der Waals surface area contributed by atoms with E-state index >= 15 is 0 Å². The topological polar surface area (TPSA) is 51.8 Å². The molecule has 0 unspecified atom stereocenters. The summed E-state index contributed by atoms with van der Waals surface area (Å²) in [7, 11) is 0. The van der Waals surface area contributed by atoms with Gasteiger partial charge in [-0.3, -0.25) is 0 Å². The molecular formula is C45H25N3OS. The predicted octanol–water partition coefficient (Wildman–Crippen LogP) is 12.6. The van der Waals surface area contributed by atoms with Crippen molar-refractivity contribution >= 4 is 85.8 Å². The molecular weight excluding hydrogens is 631 g/mol. The van der Waals surface area contributed by atoms with Gasteiger partial charge in [0.15, 0.2) is 17.5 Å². The Labute approximate surface area is 289 Å². The summed E-state index contributed by atoms with van der Waals surface area (Å²) in [5.41, 5.74) is 4.69. The van der Waals surface area contributed by atoms with Gasteiger partial charge in [-0.15, -0.1) is 11.3 Å². The molecule has 0 spiro atoms. The van der Waals surface area contributed by atoms with E-state index in [4.69, 9.17) is 19.4 Å². The van der Waals surface area contributed by atoms with E-state index in [1.54, 1.807) is 0 Å². The quantitative estimate of drug-likeness (QED) is 0.178. The van der Waals surface area contributed by atoms with Crippen LogP contribution in [0.2, 0.25) is 0 Å². The molecule has 0 saturated heterocycles. The number of aromatic nitrogens is 3. The van der Waals surface area contributed by atoms with Crippen LogP contribution in [0.25, 0.3) is 109 Å². The number of nitrogens with zero attached hydrogens (tertiary/aromatic N) is 3. The van der Waals surface area contributed by atoms with Crippen molar-refractivity contribution in [2.45, 2.75) is 0 Å². The largest absolute Gasteiger partial charge is 0.456 e. The van der Waals surface area contributed by atoms with Crippen LogP contribution in [0.1, 0.15) is 0 Å². The van der Waals surface area contributed by atoms with Gasteiger partial charge in [0.05, 0.1) is 0 Å². The minimum Gasteiger partial charge on any atom is -0.456 e. The van der Waals surface area contributed by atoms with E-state index < -0.39 is 0 Å². The van der Waals surface area contributed by atoms with Gasteiger partial charge in [-0.25, -0.2) is 15.0 Å². The lowest BCUT2D eigenvalue weighted by atomic mass is 9.94. The lowest BCUT2D eigenvalue weighted by molar-refractivity contribution is 0.669. The maximum Gasteiger partial charge on any atom is 0.164 e. The summed E-state index contributed by atoms with van der Waals surface area (Å²) in [5.74, 6) is 1.96. The van der Waals surface area contributed by atoms with E-state index in [1.807, 2.05) is 41.7 Å². The number of fused-ring (bicyclic) bond motifs is 11. The monoisotopic (exact) mass is 655 g/mol. The zero-order valence-corrected chi connectivity index (χ0v) is 27.4. The summed E-state index contributed by atoms with van der Waals surface area (Å²) in [4.78, 5) is 15.2. The van der Waals surface area contributed by atoms with Gasteiger partial charge < -0.3 is 4.42 Å². The third kappa shape index (κ3) is 4.20. The highest BCUT2D eigenvalue weighted by Crippen LogP contribution is 2.39. The van der Waals surface area contributed by atoms with Gasteiger partial charge in [0.25, 0.3) is 0 Å². The zero-order valence-electron chi connectivity index (χ0n) is 26.6.